The molecule has 1 aliphatic rings. The number of nitrogens with one attached hydrogen (secondary N) is 1. The first-order valence-electron chi connectivity index (χ1n) is 10.7. The molecule has 1 N–H and O–H groups in total. The highest BCUT2D eigenvalue weighted by atomic mass is 32.2. The van der Waals surface area contributed by atoms with Gasteiger partial charge in [-0.05, 0) is 35.1 Å². The van der Waals surface area contributed by atoms with Gasteiger partial charge in [-0.3, -0.25) is 4.79 Å². The third kappa shape index (κ3) is 6.38. The molecule has 1 unspecified atom stereocenters. The van der Waals surface area contributed by atoms with Crippen molar-refractivity contribution < 1.29 is 17.9 Å². The van der Waals surface area contributed by atoms with E-state index in [1.807, 2.05) is 42.5 Å². The van der Waals surface area contributed by atoms with E-state index in [4.69, 9.17) is 4.74 Å². The summed E-state index contributed by atoms with van der Waals surface area (Å²) in [6.45, 7) is 8.07. The Bertz CT molecular complexity index is 967. The molecule has 3 rings (SSSR count). The van der Waals surface area contributed by atoms with Gasteiger partial charge in [-0.1, -0.05) is 63.2 Å². The maximum Gasteiger partial charge on any atom is 0.240 e. The van der Waals surface area contributed by atoms with Crippen LogP contribution in [-0.2, 0) is 25.0 Å². The summed E-state index contributed by atoms with van der Waals surface area (Å²) in [5.74, 6) is 0.0259. The van der Waals surface area contributed by atoms with Crippen LogP contribution in [0.3, 0.4) is 0 Å². The second-order valence-corrected chi connectivity index (χ2v) is 10.7. The van der Waals surface area contributed by atoms with Gasteiger partial charge in [0.05, 0.1) is 18.0 Å². The highest BCUT2D eigenvalue weighted by Crippen LogP contribution is 2.24. The van der Waals surface area contributed by atoms with Crippen molar-refractivity contribution >= 4 is 15.9 Å². The minimum absolute atomic E-state index is 0.0259. The van der Waals surface area contributed by atoms with Gasteiger partial charge >= 0.3 is 0 Å². The van der Waals surface area contributed by atoms with Crippen molar-refractivity contribution in [3.05, 3.63) is 65.7 Å². The van der Waals surface area contributed by atoms with Crippen LogP contribution in [0.15, 0.2) is 59.5 Å². The van der Waals surface area contributed by atoms with Crippen LogP contribution in [0.4, 0.5) is 0 Å². The van der Waals surface area contributed by atoms with E-state index in [9.17, 15) is 13.2 Å². The fraction of sp³-hybridized carbons (Fsp3) is 0.458. The van der Waals surface area contributed by atoms with Gasteiger partial charge in [0.15, 0.2) is 0 Å². The van der Waals surface area contributed by atoms with Gasteiger partial charge in [-0.25, -0.2) is 13.1 Å². The van der Waals surface area contributed by atoms with Gasteiger partial charge in [0.1, 0.15) is 6.10 Å². The molecule has 1 saturated heterocycles. The molecule has 0 aromatic heterocycles. The van der Waals surface area contributed by atoms with Gasteiger partial charge in [0, 0.05) is 19.5 Å². The maximum atomic E-state index is 12.6. The highest BCUT2D eigenvalue weighted by Gasteiger charge is 2.25. The van der Waals surface area contributed by atoms with E-state index in [1.54, 1.807) is 17.0 Å². The molecule has 2 aromatic carbocycles. The van der Waals surface area contributed by atoms with Gasteiger partial charge in [0.25, 0.3) is 0 Å². The molecule has 0 saturated carbocycles. The zero-order valence-electron chi connectivity index (χ0n) is 18.5. The smallest absolute Gasteiger partial charge is 0.240 e. The minimum Gasteiger partial charge on any atom is -0.370 e. The van der Waals surface area contributed by atoms with Crippen LogP contribution in [-0.4, -0.2) is 45.5 Å². The van der Waals surface area contributed by atoms with Crippen LogP contribution >= 0.6 is 0 Å². The fourth-order valence-corrected chi connectivity index (χ4v) is 4.64. The number of morpholine rings is 1. The molecule has 7 heteroatoms. The first-order valence-corrected chi connectivity index (χ1v) is 12.2. The van der Waals surface area contributed by atoms with E-state index in [0.717, 1.165) is 11.1 Å². The average Bonchev–Trinajstić information content (AvgIpc) is 2.77. The number of carbonyl (C=O) groups excluding carboxylic acids is 1. The van der Waals surface area contributed by atoms with Crippen molar-refractivity contribution in [3.63, 3.8) is 0 Å². The molecular weight excluding hydrogens is 412 g/mol. The standard InChI is InChI=1S/C24H32N2O4S/c1-24(2,3)20-11-13-21(14-12-20)31(28,29)25-15-7-10-23(27)26-16-17-30-22(18-26)19-8-5-4-6-9-19/h4-6,8-9,11-14,22,25H,7,10,15-18H2,1-3H3. The summed E-state index contributed by atoms with van der Waals surface area (Å²) in [5.41, 5.74) is 2.11. The molecule has 31 heavy (non-hydrogen) atoms. The molecule has 1 fully saturated rings. The lowest BCUT2D eigenvalue weighted by molar-refractivity contribution is -0.139. The minimum atomic E-state index is -3.59. The molecule has 0 spiro atoms. The van der Waals surface area contributed by atoms with E-state index < -0.39 is 10.0 Å². The topological polar surface area (TPSA) is 75.7 Å². The van der Waals surface area contributed by atoms with E-state index >= 15 is 0 Å². The summed E-state index contributed by atoms with van der Waals surface area (Å²) in [4.78, 5) is 14.6. The first-order chi connectivity index (χ1) is 14.7. The Morgan fingerprint density at radius 2 is 1.77 bits per heavy atom. The number of nitrogens with zero attached hydrogens (tertiary/aromatic N) is 1. The number of amides is 1. The lowest BCUT2D eigenvalue weighted by Gasteiger charge is -2.33. The first kappa shape index (κ1) is 23.4. The second kappa shape index (κ2) is 9.94. The monoisotopic (exact) mass is 444 g/mol. The van der Waals surface area contributed by atoms with Crippen molar-refractivity contribution in [2.45, 2.75) is 50.0 Å². The van der Waals surface area contributed by atoms with Crippen LogP contribution in [0.2, 0.25) is 0 Å². The summed E-state index contributed by atoms with van der Waals surface area (Å²) < 4.78 is 33.4. The molecule has 0 aliphatic carbocycles. The van der Waals surface area contributed by atoms with Crippen LogP contribution in [0, 0.1) is 0 Å². The summed E-state index contributed by atoms with van der Waals surface area (Å²) in [5, 5.41) is 0. The van der Waals surface area contributed by atoms with Crippen molar-refractivity contribution in [3.8, 4) is 0 Å². The van der Waals surface area contributed by atoms with E-state index in [-0.39, 0.29) is 28.9 Å². The zero-order chi connectivity index (χ0) is 22.5. The Morgan fingerprint density at radius 1 is 1.10 bits per heavy atom. The predicted octanol–water partition coefficient (Wildman–Crippen LogP) is 3.64. The molecule has 0 bridgehead atoms. The van der Waals surface area contributed by atoms with Crippen molar-refractivity contribution in [2.75, 3.05) is 26.2 Å². The molecular formula is C24H32N2O4S. The fourth-order valence-electron chi connectivity index (χ4n) is 3.57. The zero-order valence-corrected chi connectivity index (χ0v) is 19.3. The molecule has 1 atom stereocenters. The van der Waals surface area contributed by atoms with Crippen molar-refractivity contribution in [1.82, 2.24) is 9.62 Å². The highest BCUT2D eigenvalue weighted by molar-refractivity contribution is 7.89. The largest absolute Gasteiger partial charge is 0.370 e. The van der Waals surface area contributed by atoms with Gasteiger partial charge in [-0.15, -0.1) is 0 Å². The molecule has 1 heterocycles. The summed E-state index contributed by atoms with van der Waals surface area (Å²) in [6, 6.07) is 16.8. The van der Waals surface area contributed by atoms with Gasteiger partial charge < -0.3 is 9.64 Å². The normalized spacial score (nSPS) is 17.5. The molecule has 168 valence electrons. The average molecular weight is 445 g/mol. The summed E-state index contributed by atoms with van der Waals surface area (Å²) in [6.07, 6.45) is 0.631. The van der Waals surface area contributed by atoms with E-state index in [1.165, 1.54) is 0 Å². The Morgan fingerprint density at radius 3 is 2.42 bits per heavy atom. The predicted molar refractivity (Wildman–Crippen MR) is 121 cm³/mol. The third-order valence-corrected chi connectivity index (χ3v) is 6.96. The molecule has 1 aliphatic heterocycles. The number of hydrogen-bond acceptors (Lipinski definition) is 4. The quantitative estimate of drug-likeness (QED) is 0.662. The van der Waals surface area contributed by atoms with Gasteiger partial charge in [0.2, 0.25) is 15.9 Å². The molecule has 1 amide bonds. The maximum absolute atomic E-state index is 12.6. The lowest BCUT2D eigenvalue weighted by Crippen LogP contribution is -2.42. The summed E-state index contributed by atoms with van der Waals surface area (Å²) in [7, 11) is -3.59. The Kier molecular flexibility index (Phi) is 7.51. The SMILES string of the molecule is CC(C)(C)c1ccc(S(=O)(=O)NCCCC(=O)N2CCOC(c3ccccc3)C2)cc1. The lowest BCUT2D eigenvalue weighted by atomic mass is 9.87. The third-order valence-electron chi connectivity index (χ3n) is 5.48. The molecule has 2 aromatic rings. The molecule has 0 radical (unpaired) electrons. The van der Waals surface area contributed by atoms with E-state index in [0.29, 0.717) is 32.5 Å². The Labute approximate surface area is 185 Å². The molecule has 6 nitrogen and oxygen atoms in total. The van der Waals surface area contributed by atoms with Crippen molar-refractivity contribution in [1.29, 1.82) is 0 Å². The van der Waals surface area contributed by atoms with Crippen LogP contribution in [0.25, 0.3) is 0 Å². The number of rotatable bonds is 7. The van der Waals surface area contributed by atoms with Crippen LogP contribution in [0.1, 0.15) is 50.8 Å². The van der Waals surface area contributed by atoms with Crippen molar-refractivity contribution in [2.24, 2.45) is 0 Å². The number of sulfonamides is 1. The Hall–Kier alpha value is -2.22. The number of hydrogen-bond donors (Lipinski definition) is 1. The van der Waals surface area contributed by atoms with Crippen LogP contribution in [0.5, 0.6) is 0 Å². The number of carbonyl (C=O) groups is 1. The van der Waals surface area contributed by atoms with Crippen LogP contribution < -0.4 is 4.72 Å². The van der Waals surface area contributed by atoms with Gasteiger partial charge in [-0.2, -0.15) is 0 Å². The number of benzene rings is 2. The second-order valence-electron chi connectivity index (χ2n) is 8.89. The Balaban J connectivity index is 1.47. The number of ether oxygens (including phenoxy) is 1. The summed E-state index contributed by atoms with van der Waals surface area (Å²) >= 11 is 0. The van der Waals surface area contributed by atoms with E-state index in [2.05, 4.69) is 25.5 Å².